The highest BCUT2D eigenvalue weighted by molar-refractivity contribution is 5.90. The summed E-state index contributed by atoms with van der Waals surface area (Å²) in [6.07, 6.45) is 9.62. The van der Waals surface area contributed by atoms with Gasteiger partial charge in [0.2, 0.25) is 0 Å². The van der Waals surface area contributed by atoms with Gasteiger partial charge in [-0.3, -0.25) is 4.79 Å². The molecule has 4 aliphatic carbocycles. The largest absolute Gasteiger partial charge is 0.396 e. The summed E-state index contributed by atoms with van der Waals surface area (Å²) < 4.78 is 0. The third kappa shape index (κ3) is 1.63. The highest BCUT2D eigenvalue weighted by Crippen LogP contribution is 2.71. The Morgan fingerprint density at radius 3 is 2.59 bits per heavy atom. The average molecular weight is 304 g/mol. The van der Waals surface area contributed by atoms with Crippen molar-refractivity contribution in [2.75, 3.05) is 6.61 Å². The number of ketones is 1. The second-order valence-corrected chi connectivity index (χ2v) is 9.67. The van der Waals surface area contributed by atoms with Gasteiger partial charge in [0.1, 0.15) is 5.78 Å². The van der Waals surface area contributed by atoms with Crippen molar-refractivity contribution in [3.63, 3.8) is 0 Å². The van der Waals surface area contributed by atoms with Gasteiger partial charge in [0.25, 0.3) is 0 Å². The molecule has 0 aromatic heterocycles. The Hall–Kier alpha value is -0.370. The zero-order valence-electron chi connectivity index (χ0n) is 14.5. The summed E-state index contributed by atoms with van der Waals surface area (Å²) in [6, 6.07) is 0. The fourth-order valence-electron chi connectivity index (χ4n) is 7.80. The van der Waals surface area contributed by atoms with E-state index in [0.717, 1.165) is 19.3 Å². The first-order chi connectivity index (χ1) is 10.4. The third-order valence-corrected chi connectivity index (χ3v) is 8.87. The van der Waals surface area contributed by atoms with Gasteiger partial charge in [-0.1, -0.05) is 27.2 Å². The van der Waals surface area contributed by atoms with Crippen molar-refractivity contribution in [1.82, 2.24) is 0 Å². The van der Waals surface area contributed by atoms with Crippen LogP contribution in [0.1, 0.15) is 72.1 Å². The van der Waals surface area contributed by atoms with Crippen LogP contribution in [0.5, 0.6) is 0 Å². The van der Waals surface area contributed by atoms with E-state index in [9.17, 15) is 9.90 Å². The molecule has 2 heteroatoms. The van der Waals surface area contributed by atoms with Crippen LogP contribution in [0.4, 0.5) is 0 Å². The summed E-state index contributed by atoms with van der Waals surface area (Å²) in [4.78, 5) is 13.1. The number of aliphatic hydroxyl groups is 1. The van der Waals surface area contributed by atoms with E-state index in [1.807, 2.05) is 0 Å². The number of fused-ring (bicyclic) bond motifs is 3. The Labute approximate surface area is 135 Å². The molecule has 22 heavy (non-hydrogen) atoms. The fraction of sp³-hybridized carbons (Fsp3) is 0.950. The summed E-state index contributed by atoms with van der Waals surface area (Å²) >= 11 is 0. The zero-order valence-corrected chi connectivity index (χ0v) is 14.5. The van der Waals surface area contributed by atoms with Gasteiger partial charge in [-0.25, -0.2) is 0 Å². The van der Waals surface area contributed by atoms with Crippen LogP contribution in [0.3, 0.4) is 0 Å². The minimum atomic E-state index is 0.0152. The molecule has 0 amide bonds. The van der Waals surface area contributed by atoms with Gasteiger partial charge < -0.3 is 5.11 Å². The van der Waals surface area contributed by atoms with Crippen LogP contribution >= 0.6 is 0 Å². The normalized spacial score (nSPS) is 57.4. The van der Waals surface area contributed by atoms with Crippen LogP contribution < -0.4 is 0 Å². The Morgan fingerprint density at radius 1 is 1.09 bits per heavy atom. The van der Waals surface area contributed by atoms with Crippen molar-refractivity contribution in [1.29, 1.82) is 0 Å². The van der Waals surface area contributed by atoms with Crippen molar-refractivity contribution >= 4 is 5.78 Å². The van der Waals surface area contributed by atoms with Crippen molar-refractivity contribution in [3.8, 4) is 0 Å². The molecule has 4 rings (SSSR count). The first-order valence-electron chi connectivity index (χ1n) is 9.53. The number of rotatable bonds is 1. The van der Waals surface area contributed by atoms with E-state index in [1.54, 1.807) is 0 Å². The molecular formula is C20H32O2. The number of aliphatic hydroxyl groups excluding tert-OH is 1. The monoisotopic (exact) mass is 304 g/mol. The van der Waals surface area contributed by atoms with Crippen LogP contribution in [0.2, 0.25) is 0 Å². The number of hydrogen-bond acceptors (Lipinski definition) is 2. The quantitative estimate of drug-likeness (QED) is 0.788. The van der Waals surface area contributed by atoms with E-state index < -0.39 is 0 Å². The molecule has 1 spiro atoms. The minimum absolute atomic E-state index is 0.0152. The molecule has 2 nitrogen and oxygen atoms in total. The van der Waals surface area contributed by atoms with Crippen molar-refractivity contribution in [2.24, 2.45) is 39.9 Å². The zero-order chi connectivity index (χ0) is 15.8. The van der Waals surface area contributed by atoms with Gasteiger partial charge in [0, 0.05) is 17.9 Å². The molecule has 0 saturated heterocycles. The average Bonchev–Trinajstić information content (AvgIpc) is 2.68. The van der Waals surface area contributed by atoms with E-state index in [2.05, 4.69) is 20.8 Å². The first-order valence-corrected chi connectivity index (χ1v) is 9.53. The minimum Gasteiger partial charge on any atom is -0.396 e. The van der Waals surface area contributed by atoms with E-state index in [0.29, 0.717) is 36.1 Å². The lowest BCUT2D eigenvalue weighted by Crippen LogP contribution is -2.58. The molecule has 124 valence electrons. The summed E-state index contributed by atoms with van der Waals surface area (Å²) in [5.74, 6) is 2.76. The predicted molar refractivity (Wildman–Crippen MR) is 87.3 cm³/mol. The lowest BCUT2D eigenvalue weighted by atomic mass is 9.41. The smallest absolute Gasteiger partial charge is 0.142 e. The molecule has 0 aromatic carbocycles. The Bertz CT molecular complexity index is 500. The molecule has 4 fully saturated rings. The van der Waals surface area contributed by atoms with Crippen LogP contribution in [0.25, 0.3) is 0 Å². The summed E-state index contributed by atoms with van der Waals surface area (Å²) in [5, 5.41) is 10.1. The Morgan fingerprint density at radius 2 is 1.86 bits per heavy atom. The highest BCUT2D eigenvalue weighted by Gasteiger charge is 2.67. The van der Waals surface area contributed by atoms with Gasteiger partial charge >= 0.3 is 0 Å². The van der Waals surface area contributed by atoms with E-state index in [1.165, 1.54) is 32.1 Å². The molecule has 4 aliphatic rings. The van der Waals surface area contributed by atoms with Gasteiger partial charge in [0.15, 0.2) is 0 Å². The van der Waals surface area contributed by atoms with Crippen LogP contribution in [0, 0.1) is 39.9 Å². The third-order valence-electron chi connectivity index (χ3n) is 8.87. The second-order valence-electron chi connectivity index (χ2n) is 9.67. The summed E-state index contributed by atoms with van der Waals surface area (Å²) in [6.45, 7) is 7.29. The maximum atomic E-state index is 13.1. The molecular weight excluding hydrogens is 272 g/mol. The number of Topliss-reactive ketones (excluding diaryl/α,β-unsaturated/α-hetero) is 1. The van der Waals surface area contributed by atoms with E-state index in [4.69, 9.17) is 0 Å². The maximum Gasteiger partial charge on any atom is 0.142 e. The van der Waals surface area contributed by atoms with E-state index >= 15 is 0 Å². The SMILES string of the molecule is CC1C(=O)C23CCC4C(C)(CO)CCCC4(C)C2CCC1C3. The predicted octanol–water partition coefficient (Wildman–Crippen LogP) is 4.21. The highest BCUT2D eigenvalue weighted by atomic mass is 16.3. The van der Waals surface area contributed by atoms with Crippen molar-refractivity contribution in [3.05, 3.63) is 0 Å². The van der Waals surface area contributed by atoms with Crippen LogP contribution in [-0.4, -0.2) is 17.5 Å². The molecule has 1 N–H and O–H groups in total. The van der Waals surface area contributed by atoms with Gasteiger partial charge in [-0.15, -0.1) is 0 Å². The molecule has 0 aromatic rings. The lowest BCUT2D eigenvalue weighted by Gasteiger charge is -2.63. The van der Waals surface area contributed by atoms with Crippen LogP contribution in [-0.2, 0) is 4.79 Å². The number of carbonyl (C=O) groups is 1. The molecule has 4 saturated carbocycles. The van der Waals surface area contributed by atoms with E-state index in [-0.39, 0.29) is 16.2 Å². The van der Waals surface area contributed by atoms with Crippen molar-refractivity contribution in [2.45, 2.75) is 72.1 Å². The lowest BCUT2D eigenvalue weighted by molar-refractivity contribution is -0.169. The summed E-state index contributed by atoms with van der Waals surface area (Å²) in [7, 11) is 0. The topological polar surface area (TPSA) is 37.3 Å². The summed E-state index contributed by atoms with van der Waals surface area (Å²) in [5.41, 5.74) is 0.374. The Balaban J connectivity index is 1.76. The Kier molecular flexibility index (Phi) is 3.16. The van der Waals surface area contributed by atoms with Gasteiger partial charge in [0.05, 0.1) is 0 Å². The number of hydrogen-bond donors (Lipinski definition) is 1. The molecule has 2 bridgehead atoms. The van der Waals surface area contributed by atoms with Crippen LogP contribution in [0.15, 0.2) is 0 Å². The maximum absolute atomic E-state index is 13.1. The van der Waals surface area contributed by atoms with Gasteiger partial charge in [-0.2, -0.15) is 0 Å². The first kappa shape index (κ1) is 15.2. The molecule has 0 radical (unpaired) electrons. The second kappa shape index (κ2) is 4.59. The molecule has 0 aliphatic heterocycles. The fourth-order valence-corrected chi connectivity index (χ4v) is 7.80. The standard InChI is InChI=1S/C20H32O2/c1-13-14-5-6-16-19(3)9-4-8-18(2,12-21)15(19)7-10-20(16,11-14)17(13)22/h13-16,21H,4-12H2,1-3H3. The number of carbonyl (C=O) groups excluding carboxylic acids is 1. The molecule has 7 unspecified atom stereocenters. The van der Waals surface area contributed by atoms with Crippen molar-refractivity contribution < 1.29 is 9.90 Å². The molecule has 0 heterocycles. The van der Waals surface area contributed by atoms with Gasteiger partial charge in [-0.05, 0) is 73.5 Å². The molecule has 7 atom stereocenters.